The zero-order chi connectivity index (χ0) is 18.1. The van der Waals surface area contributed by atoms with Crippen molar-refractivity contribution in [2.24, 2.45) is 0 Å². The Labute approximate surface area is 146 Å². The standard InChI is InChI=1S/C20H19NO4/c1-25-20(24)17(14-16-10-6-3-7-11-16)21-19(23)18(22)13-12-15-8-4-2-5-9-15/h2-13,17H,14H2,1H3,(H,21,23)/b13-12+. The Morgan fingerprint density at radius 2 is 1.60 bits per heavy atom. The first-order valence-corrected chi connectivity index (χ1v) is 7.80. The van der Waals surface area contributed by atoms with E-state index in [1.54, 1.807) is 6.08 Å². The van der Waals surface area contributed by atoms with Crippen molar-refractivity contribution in [3.8, 4) is 0 Å². The highest BCUT2D eigenvalue weighted by Crippen LogP contribution is 2.05. The van der Waals surface area contributed by atoms with Gasteiger partial charge in [-0.25, -0.2) is 4.79 Å². The lowest BCUT2D eigenvalue weighted by Crippen LogP contribution is -2.45. The Kier molecular flexibility index (Phi) is 6.65. The minimum Gasteiger partial charge on any atom is -0.467 e. The van der Waals surface area contributed by atoms with Gasteiger partial charge in [-0.3, -0.25) is 9.59 Å². The molecule has 0 bridgehead atoms. The molecule has 1 atom stereocenters. The van der Waals surface area contributed by atoms with Gasteiger partial charge in [-0.2, -0.15) is 0 Å². The Bertz CT molecular complexity index is 754. The number of nitrogens with one attached hydrogen (secondary N) is 1. The Morgan fingerprint density at radius 3 is 2.20 bits per heavy atom. The Hall–Kier alpha value is -3.21. The van der Waals surface area contributed by atoms with Crippen LogP contribution in [0.2, 0.25) is 0 Å². The molecule has 0 aliphatic rings. The summed E-state index contributed by atoms with van der Waals surface area (Å²) in [6.45, 7) is 0. The van der Waals surface area contributed by atoms with Gasteiger partial charge < -0.3 is 10.1 Å². The third-order valence-corrected chi connectivity index (χ3v) is 3.52. The van der Waals surface area contributed by atoms with Gasteiger partial charge in [0.05, 0.1) is 7.11 Å². The quantitative estimate of drug-likeness (QED) is 0.477. The van der Waals surface area contributed by atoms with E-state index in [4.69, 9.17) is 4.74 Å². The number of rotatable bonds is 7. The predicted octanol–water partition coefficient (Wildman–Crippen LogP) is 2.17. The first-order valence-electron chi connectivity index (χ1n) is 7.80. The van der Waals surface area contributed by atoms with Crippen LogP contribution in [0.1, 0.15) is 11.1 Å². The van der Waals surface area contributed by atoms with Crippen LogP contribution in [0.5, 0.6) is 0 Å². The maximum absolute atomic E-state index is 12.1. The molecule has 0 aliphatic heterocycles. The van der Waals surface area contributed by atoms with Crippen molar-refractivity contribution < 1.29 is 19.1 Å². The van der Waals surface area contributed by atoms with Crippen molar-refractivity contribution in [3.05, 3.63) is 77.9 Å². The van der Waals surface area contributed by atoms with Gasteiger partial charge in [0.2, 0.25) is 5.78 Å². The highest BCUT2D eigenvalue weighted by Gasteiger charge is 2.24. The second kappa shape index (κ2) is 9.17. The summed E-state index contributed by atoms with van der Waals surface area (Å²) in [7, 11) is 1.24. The van der Waals surface area contributed by atoms with Gasteiger partial charge in [-0.05, 0) is 17.2 Å². The number of esters is 1. The maximum Gasteiger partial charge on any atom is 0.328 e. The molecule has 128 valence electrons. The fourth-order valence-electron chi connectivity index (χ4n) is 2.23. The molecule has 0 aliphatic carbocycles. The van der Waals surface area contributed by atoms with Crippen LogP contribution < -0.4 is 5.32 Å². The fourth-order valence-corrected chi connectivity index (χ4v) is 2.23. The number of methoxy groups -OCH3 is 1. The summed E-state index contributed by atoms with van der Waals surface area (Å²) in [6, 6.07) is 17.4. The van der Waals surface area contributed by atoms with Crippen LogP contribution in [-0.4, -0.2) is 30.8 Å². The molecule has 2 rings (SSSR count). The lowest BCUT2D eigenvalue weighted by molar-refractivity contribution is -0.146. The lowest BCUT2D eigenvalue weighted by atomic mass is 10.1. The smallest absolute Gasteiger partial charge is 0.328 e. The molecule has 2 aromatic rings. The van der Waals surface area contributed by atoms with Gasteiger partial charge in [0.1, 0.15) is 6.04 Å². The van der Waals surface area contributed by atoms with E-state index in [0.717, 1.165) is 11.1 Å². The molecule has 25 heavy (non-hydrogen) atoms. The van der Waals surface area contributed by atoms with E-state index in [-0.39, 0.29) is 6.42 Å². The first-order chi connectivity index (χ1) is 12.1. The molecular formula is C20H19NO4. The number of carbonyl (C=O) groups is 3. The molecule has 0 aromatic heterocycles. The van der Waals surface area contributed by atoms with Crippen LogP contribution >= 0.6 is 0 Å². The molecule has 5 heteroatoms. The van der Waals surface area contributed by atoms with Crippen LogP contribution in [0.3, 0.4) is 0 Å². The molecule has 0 spiro atoms. The molecule has 0 saturated carbocycles. The van der Waals surface area contributed by atoms with Crippen molar-refractivity contribution in [1.82, 2.24) is 5.32 Å². The molecule has 0 saturated heterocycles. The van der Waals surface area contributed by atoms with Gasteiger partial charge in [0.25, 0.3) is 5.91 Å². The Balaban J connectivity index is 2.02. The van der Waals surface area contributed by atoms with E-state index in [2.05, 4.69) is 5.32 Å². The summed E-state index contributed by atoms with van der Waals surface area (Å²) in [5, 5.41) is 2.44. The van der Waals surface area contributed by atoms with Gasteiger partial charge in [0.15, 0.2) is 0 Å². The van der Waals surface area contributed by atoms with Crippen LogP contribution in [0.4, 0.5) is 0 Å². The Morgan fingerprint density at radius 1 is 1.00 bits per heavy atom. The monoisotopic (exact) mass is 337 g/mol. The van der Waals surface area contributed by atoms with Crippen molar-refractivity contribution in [1.29, 1.82) is 0 Å². The first kappa shape index (κ1) is 18.1. The molecule has 5 nitrogen and oxygen atoms in total. The molecule has 0 radical (unpaired) electrons. The SMILES string of the molecule is COC(=O)C(Cc1ccccc1)NC(=O)C(=O)/C=C/c1ccccc1. The minimum atomic E-state index is -0.922. The van der Waals surface area contributed by atoms with E-state index in [9.17, 15) is 14.4 Å². The van der Waals surface area contributed by atoms with Crippen LogP contribution in [0.25, 0.3) is 6.08 Å². The highest BCUT2D eigenvalue weighted by molar-refractivity contribution is 6.41. The number of amides is 1. The predicted molar refractivity (Wildman–Crippen MR) is 94.6 cm³/mol. The summed E-state index contributed by atoms with van der Waals surface area (Å²) in [5.41, 5.74) is 1.66. The average molecular weight is 337 g/mol. The van der Waals surface area contributed by atoms with Gasteiger partial charge in [-0.1, -0.05) is 66.7 Å². The second-order valence-electron chi connectivity index (χ2n) is 5.35. The number of hydrogen-bond donors (Lipinski definition) is 1. The summed E-state index contributed by atoms with van der Waals surface area (Å²) >= 11 is 0. The molecular weight excluding hydrogens is 318 g/mol. The fraction of sp³-hybridized carbons (Fsp3) is 0.150. The normalized spacial score (nSPS) is 11.7. The van der Waals surface area contributed by atoms with Crippen LogP contribution in [0.15, 0.2) is 66.7 Å². The lowest BCUT2D eigenvalue weighted by Gasteiger charge is -2.15. The van der Waals surface area contributed by atoms with Crippen molar-refractivity contribution in [3.63, 3.8) is 0 Å². The number of hydrogen-bond acceptors (Lipinski definition) is 4. The van der Waals surface area contributed by atoms with Crippen LogP contribution in [0, 0.1) is 0 Å². The van der Waals surface area contributed by atoms with Crippen molar-refractivity contribution in [2.75, 3.05) is 7.11 Å². The third-order valence-electron chi connectivity index (χ3n) is 3.52. The van der Waals surface area contributed by atoms with E-state index < -0.39 is 23.7 Å². The number of benzene rings is 2. The second-order valence-corrected chi connectivity index (χ2v) is 5.35. The molecule has 0 fully saturated rings. The highest BCUT2D eigenvalue weighted by atomic mass is 16.5. The molecule has 1 amide bonds. The number of ketones is 1. The van der Waals surface area contributed by atoms with Crippen molar-refractivity contribution >= 4 is 23.7 Å². The maximum atomic E-state index is 12.1. The van der Waals surface area contributed by atoms with E-state index >= 15 is 0 Å². The zero-order valence-corrected chi connectivity index (χ0v) is 13.8. The number of carbonyl (C=O) groups excluding carboxylic acids is 3. The van der Waals surface area contributed by atoms with Crippen LogP contribution in [-0.2, 0) is 25.5 Å². The van der Waals surface area contributed by atoms with Gasteiger partial charge in [-0.15, -0.1) is 0 Å². The third kappa shape index (κ3) is 5.73. The van der Waals surface area contributed by atoms with Gasteiger partial charge in [0, 0.05) is 6.42 Å². The molecule has 1 N–H and O–H groups in total. The summed E-state index contributed by atoms with van der Waals surface area (Å²) < 4.78 is 4.71. The van der Waals surface area contributed by atoms with Gasteiger partial charge >= 0.3 is 5.97 Å². The molecule has 2 aromatic carbocycles. The van der Waals surface area contributed by atoms with E-state index in [0.29, 0.717) is 0 Å². The topological polar surface area (TPSA) is 72.5 Å². The molecule has 1 unspecified atom stereocenters. The average Bonchev–Trinajstić information content (AvgIpc) is 2.66. The zero-order valence-electron chi connectivity index (χ0n) is 13.8. The van der Waals surface area contributed by atoms with Crippen molar-refractivity contribution in [2.45, 2.75) is 12.5 Å². The minimum absolute atomic E-state index is 0.245. The van der Waals surface area contributed by atoms with E-state index in [1.807, 2.05) is 60.7 Å². The van der Waals surface area contributed by atoms with E-state index in [1.165, 1.54) is 13.2 Å². The number of ether oxygens (including phenoxy) is 1. The molecule has 0 heterocycles. The largest absolute Gasteiger partial charge is 0.467 e. The summed E-state index contributed by atoms with van der Waals surface area (Å²) in [6.07, 6.45) is 2.97. The summed E-state index contributed by atoms with van der Waals surface area (Å²) in [5.74, 6) is -2.18. The summed E-state index contributed by atoms with van der Waals surface area (Å²) in [4.78, 5) is 35.9.